The fourth-order valence-electron chi connectivity index (χ4n) is 3.98. The van der Waals surface area contributed by atoms with Crippen molar-refractivity contribution in [2.75, 3.05) is 11.1 Å². The van der Waals surface area contributed by atoms with Gasteiger partial charge in [0.2, 0.25) is 0 Å². The van der Waals surface area contributed by atoms with Gasteiger partial charge in [-0.1, -0.05) is 11.8 Å². The number of nitrogens with zero attached hydrogens (tertiary/aromatic N) is 3. The smallest absolute Gasteiger partial charge is 0.274 e. The van der Waals surface area contributed by atoms with E-state index in [0.29, 0.717) is 11.3 Å². The van der Waals surface area contributed by atoms with Crippen LogP contribution in [0.15, 0.2) is 41.5 Å². The van der Waals surface area contributed by atoms with Gasteiger partial charge in [-0.2, -0.15) is 5.26 Å². The highest BCUT2D eigenvalue weighted by molar-refractivity contribution is 8.13. The molecule has 30 heavy (non-hydrogen) atoms. The quantitative estimate of drug-likeness (QED) is 0.772. The molecule has 0 spiro atoms. The van der Waals surface area contributed by atoms with Gasteiger partial charge < -0.3 is 11.1 Å². The number of amides is 1. The van der Waals surface area contributed by atoms with Gasteiger partial charge in [0.1, 0.15) is 23.1 Å². The molecule has 0 radical (unpaired) electrons. The molecule has 0 bridgehead atoms. The molecular weight excluding hydrogens is 415 g/mol. The van der Waals surface area contributed by atoms with Gasteiger partial charge in [0.15, 0.2) is 5.17 Å². The molecule has 154 valence electrons. The normalized spacial score (nSPS) is 24.5. The lowest BCUT2D eigenvalue weighted by Gasteiger charge is -2.35. The number of anilines is 1. The average molecular weight is 431 g/mol. The molecule has 0 unspecified atom stereocenters. The Labute approximate surface area is 174 Å². The molecule has 1 aromatic carbocycles. The second kappa shape index (κ2) is 7.32. The first-order chi connectivity index (χ1) is 14.2. The van der Waals surface area contributed by atoms with Gasteiger partial charge >= 0.3 is 0 Å². The van der Waals surface area contributed by atoms with E-state index in [9.17, 15) is 18.0 Å². The number of benzene rings is 1. The van der Waals surface area contributed by atoms with Crippen molar-refractivity contribution < 1.29 is 18.0 Å². The zero-order valence-corrected chi connectivity index (χ0v) is 16.3. The first-order valence-electron chi connectivity index (χ1n) is 9.06. The molecule has 2 atom stereocenters. The molecule has 1 fully saturated rings. The van der Waals surface area contributed by atoms with Gasteiger partial charge in [0.05, 0.1) is 5.56 Å². The molecule has 1 amide bonds. The van der Waals surface area contributed by atoms with Crippen molar-refractivity contribution in [3.63, 3.8) is 0 Å². The van der Waals surface area contributed by atoms with E-state index < -0.39 is 41.9 Å². The Hall–Kier alpha value is -3.06. The van der Waals surface area contributed by atoms with Crippen LogP contribution in [0.4, 0.5) is 18.9 Å². The number of alkyl halides is 2. The SMILES string of the molecule is N#Cc1ccc(C(=O)Nc2ccc(F)c([C@]34CC(F)(F)C[C@H]3CSC(N)=N4)c2)nc1. The summed E-state index contributed by atoms with van der Waals surface area (Å²) in [6, 6.07) is 8.52. The van der Waals surface area contributed by atoms with Crippen LogP contribution in [0.5, 0.6) is 0 Å². The molecule has 6 nitrogen and oxygen atoms in total. The number of pyridine rings is 1. The number of carbonyl (C=O) groups is 1. The minimum Gasteiger partial charge on any atom is -0.379 e. The number of nitrogens with one attached hydrogen (secondary N) is 1. The van der Waals surface area contributed by atoms with Crippen LogP contribution in [0.2, 0.25) is 0 Å². The standard InChI is InChI=1S/C20H16F3N5OS/c21-15-3-2-13(27-17(29)16-4-1-11(7-24)8-26-16)5-14(15)20-10-19(22,23)6-12(20)9-30-18(25)28-20/h1-5,8,12H,6,9-10H2,(H2,25,28)(H,27,29)/t12-,20-/m0/s1. The van der Waals surface area contributed by atoms with Crippen LogP contribution < -0.4 is 11.1 Å². The number of carbonyl (C=O) groups excluding carboxylic acids is 1. The average Bonchev–Trinajstić information content (AvgIpc) is 2.99. The van der Waals surface area contributed by atoms with E-state index in [4.69, 9.17) is 11.0 Å². The molecule has 1 saturated carbocycles. The van der Waals surface area contributed by atoms with Crippen LogP contribution in [-0.2, 0) is 5.54 Å². The molecule has 3 N–H and O–H groups in total. The molecule has 1 aliphatic heterocycles. The molecule has 4 rings (SSSR count). The summed E-state index contributed by atoms with van der Waals surface area (Å²) in [6.07, 6.45) is 0.214. The minimum atomic E-state index is -2.99. The number of amidine groups is 1. The van der Waals surface area contributed by atoms with Crippen LogP contribution >= 0.6 is 11.8 Å². The molecule has 1 aliphatic carbocycles. The summed E-state index contributed by atoms with van der Waals surface area (Å²) in [6.45, 7) is 0. The summed E-state index contributed by atoms with van der Waals surface area (Å²) >= 11 is 1.18. The van der Waals surface area contributed by atoms with Crippen molar-refractivity contribution in [2.45, 2.75) is 24.3 Å². The lowest BCUT2D eigenvalue weighted by atomic mass is 9.81. The molecule has 10 heteroatoms. The summed E-state index contributed by atoms with van der Waals surface area (Å²) in [4.78, 5) is 20.6. The van der Waals surface area contributed by atoms with E-state index in [1.807, 2.05) is 6.07 Å². The Morgan fingerprint density at radius 1 is 1.33 bits per heavy atom. The summed E-state index contributed by atoms with van der Waals surface area (Å²) < 4.78 is 43.4. The number of hydrogen-bond acceptors (Lipinski definition) is 6. The fraction of sp³-hybridized carbons (Fsp3) is 0.300. The van der Waals surface area contributed by atoms with Crippen LogP contribution in [0.25, 0.3) is 0 Å². The molecule has 2 aromatic rings. The maximum absolute atomic E-state index is 14.8. The Morgan fingerprint density at radius 3 is 2.83 bits per heavy atom. The maximum Gasteiger partial charge on any atom is 0.274 e. The molecule has 1 aromatic heterocycles. The van der Waals surface area contributed by atoms with Crippen molar-refractivity contribution in [2.24, 2.45) is 16.6 Å². The van der Waals surface area contributed by atoms with Crippen LogP contribution in [0, 0.1) is 23.1 Å². The monoisotopic (exact) mass is 431 g/mol. The third kappa shape index (κ3) is 3.61. The highest BCUT2D eigenvalue weighted by atomic mass is 32.2. The molecule has 2 aliphatic rings. The molecule has 0 saturated heterocycles. The van der Waals surface area contributed by atoms with Crippen molar-refractivity contribution in [3.8, 4) is 6.07 Å². The number of rotatable bonds is 3. The number of fused-ring (bicyclic) bond motifs is 1. The number of nitriles is 1. The predicted octanol–water partition coefficient (Wildman–Crippen LogP) is 3.65. The number of halogens is 3. The van der Waals surface area contributed by atoms with Crippen LogP contribution in [-0.4, -0.2) is 27.7 Å². The Balaban J connectivity index is 1.68. The fourth-order valence-corrected chi connectivity index (χ4v) is 4.98. The third-order valence-electron chi connectivity index (χ3n) is 5.31. The second-order valence-electron chi connectivity index (χ2n) is 7.31. The van der Waals surface area contributed by atoms with E-state index in [1.54, 1.807) is 0 Å². The summed E-state index contributed by atoms with van der Waals surface area (Å²) in [5.74, 6) is -4.51. The van der Waals surface area contributed by atoms with Crippen LogP contribution in [0.1, 0.15) is 34.5 Å². The topological polar surface area (TPSA) is 104 Å². The molecule has 2 heterocycles. The van der Waals surface area contributed by atoms with Crippen LogP contribution in [0.3, 0.4) is 0 Å². The lowest BCUT2D eigenvalue weighted by Crippen LogP contribution is -2.37. The van der Waals surface area contributed by atoms with Gasteiger partial charge in [-0.15, -0.1) is 0 Å². The Kier molecular flexibility index (Phi) is 4.94. The van der Waals surface area contributed by atoms with E-state index in [2.05, 4.69) is 15.3 Å². The second-order valence-corrected chi connectivity index (χ2v) is 8.35. The molecular formula is C20H16F3N5OS. The first kappa shape index (κ1) is 20.2. The summed E-state index contributed by atoms with van der Waals surface area (Å²) in [7, 11) is 0. The van der Waals surface area contributed by atoms with Crippen molar-refractivity contribution in [1.82, 2.24) is 4.98 Å². The van der Waals surface area contributed by atoms with Crippen molar-refractivity contribution in [1.29, 1.82) is 5.26 Å². The first-order valence-corrected chi connectivity index (χ1v) is 10.0. The maximum atomic E-state index is 14.8. The van der Waals surface area contributed by atoms with Crippen molar-refractivity contribution in [3.05, 3.63) is 59.2 Å². The highest BCUT2D eigenvalue weighted by Crippen LogP contribution is 2.57. The Morgan fingerprint density at radius 2 is 2.13 bits per heavy atom. The number of hydrogen-bond donors (Lipinski definition) is 2. The zero-order chi connectivity index (χ0) is 21.5. The van der Waals surface area contributed by atoms with E-state index in [0.717, 1.165) is 6.07 Å². The van der Waals surface area contributed by atoms with Gasteiger partial charge in [-0.05, 0) is 30.3 Å². The lowest BCUT2D eigenvalue weighted by molar-refractivity contribution is 0.00149. The van der Waals surface area contributed by atoms with E-state index >= 15 is 0 Å². The number of aromatic nitrogens is 1. The van der Waals surface area contributed by atoms with Gasteiger partial charge in [-0.25, -0.2) is 18.2 Å². The number of nitrogens with two attached hydrogens (primary N) is 1. The predicted molar refractivity (Wildman–Crippen MR) is 107 cm³/mol. The zero-order valence-electron chi connectivity index (χ0n) is 15.5. The van der Waals surface area contributed by atoms with Gasteiger partial charge in [0, 0.05) is 42.0 Å². The minimum absolute atomic E-state index is 0.0153. The summed E-state index contributed by atoms with van der Waals surface area (Å²) in [5.41, 5.74) is 4.90. The largest absolute Gasteiger partial charge is 0.379 e. The summed E-state index contributed by atoms with van der Waals surface area (Å²) in [5, 5.41) is 11.5. The number of thioether (sulfide) groups is 1. The highest BCUT2D eigenvalue weighted by Gasteiger charge is 2.59. The van der Waals surface area contributed by atoms with Gasteiger partial charge in [0.25, 0.3) is 11.8 Å². The van der Waals surface area contributed by atoms with Gasteiger partial charge in [-0.3, -0.25) is 9.79 Å². The Bertz CT molecular complexity index is 1080. The number of aliphatic imine (C=N–C) groups is 1. The van der Waals surface area contributed by atoms with E-state index in [-0.39, 0.29) is 22.1 Å². The van der Waals surface area contributed by atoms with Crippen molar-refractivity contribution >= 4 is 28.5 Å². The van der Waals surface area contributed by atoms with E-state index in [1.165, 1.54) is 42.2 Å². The third-order valence-corrected chi connectivity index (χ3v) is 6.26.